The summed E-state index contributed by atoms with van der Waals surface area (Å²) in [6.07, 6.45) is 0.999. The van der Waals surface area contributed by atoms with Crippen molar-refractivity contribution in [3.63, 3.8) is 0 Å². The van der Waals surface area contributed by atoms with Crippen molar-refractivity contribution < 1.29 is 18.6 Å². The number of nitrogens with zero attached hydrogens (tertiary/aromatic N) is 1. The molecule has 0 amide bonds. The molecule has 1 aromatic rings. The summed E-state index contributed by atoms with van der Waals surface area (Å²) in [4.78, 5) is 1.96. The van der Waals surface area contributed by atoms with Gasteiger partial charge < -0.3 is 14.7 Å². The summed E-state index contributed by atoms with van der Waals surface area (Å²) >= 11 is 0. The molecule has 3 nitrogen and oxygen atoms in total. The average Bonchev–Trinajstić information content (AvgIpc) is 2.42. The first kappa shape index (κ1) is 15.4. The number of likely N-dealkylation sites (N-methyl/N-ethyl adjacent to an activating group) is 1. The Morgan fingerprint density at radius 1 is 1.35 bits per heavy atom. The highest BCUT2D eigenvalue weighted by atomic mass is 19.2. The molecule has 0 spiro atoms. The van der Waals surface area contributed by atoms with Crippen LogP contribution in [0.5, 0.6) is 0 Å². The Balaban J connectivity index is 1.89. The van der Waals surface area contributed by atoms with Crippen LogP contribution in [0.25, 0.3) is 0 Å². The van der Waals surface area contributed by atoms with Crippen molar-refractivity contribution >= 4 is 0 Å². The predicted octanol–water partition coefficient (Wildman–Crippen LogP) is 2.36. The third-order valence-corrected chi connectivity index (χ3v) is 3.74. The lowest BCUT2D eigenvalue weighted by atomic mass is 9.99. The summed E-state index contributed by atoms with van der Waals surface area (Å²) in [6, 6.07) is 3.89. The molecule has 0 aliphatic carbocycles. The summed E-state index contributed by atoms with van der Waals surface area (Å²) in [5.41, 5.74) is 0.0174. The van der Waals surface area contributed by atoms with Gasteiger partial charge in [0.1, 0.15) is 0 Å². The fourth-order valence-electron chi connectivity index (χ4n) is 2.62. The monoisotopic (exact) mass is 285 g/mol. The summed E-state index contributed by atoms with van der Waals surface area (Å²) < 4.78 is 32.0. The molecular formula is C15H21F2NO2. The predicted molar refractivity (Wildman–Crippen MR) is 72.4 cm³/mol. The van der Waals surface area contributed by atoms with Crippen LogP contribution < -0.4 is 0 Å². The van der Waals surface area contributed by atoms with Crippen LogP contribution in [0.15, 0.2) is 18.2 Å². The van der Waals surface area contributed by atoms with E-state index in [9.17, 15) is 13.9 Å². The minimum atomic E-state index is -1.02. The fourth-order valence-corrected chi connectivity index (χ4v) is 2.62. The quantitative estimate of drug-likeness (QED) is 0.901. The van der Waals surface area contributed by atoms with Gasteiger partial charge >= 0.3 is 0 Å². The number of benzene rings is 1. The van der Waals surface area contributed by atoms with Gasteiger partial charge in [-0.2, -0.15) is 0 Å². The second kappa shape index (κ2) is 7.11. The van der Waals surface area contributed by atoms with Gasteiger partial charge in [0.15, 0.2) is 11.6 Å². The van der Waals surface area contributed by atoms with Gasteiger partial charge in [-0.3, -0.25) is 0 Å². The molecule has 1 heterocycles. The van der Waals surface area contributed by atoms with Crippen LogP contribution in [0.1, 0.15) is 24.5 Å². The zero-order valence-electron chi connectivity index (χ0n) is 11.7. The summed E-state index contributed by atoms with van der Waals surface area (Å²) in [5.74, 6) is -1.34. The third kappa shape index (κ3) is 3.98. The minimum absolute atomic E-state index is 0.0174. The van der Waals surface area contributed by atoms with Crippen LogP contribution >= 0.6 is 0 Å². The number of halogens is 2. The van der Waals surface area contributed by atoms with Crippen molar-refractivity contribution in [1.29, 1.82) is 0 Å². The summed E-state index contributed by atoms with van der Waals surface area (Å²) in [7, 11) is 1.88. The van der Waals surface area contributed by atoms with E-state index in [1.54, 1.807) is 0 Å². The van der Waals surface area contributed by atoms with Gasteiger partial charge in [0.25, 0.3) is 0 Å². The fraction of sp³-hybridized carbons (Fsp3) is 0.600. The molecule has 1 unspecified atom stereocenters. The van der Waals surface area contributed by atoms with Gasteiger partial charge in [-0.15, -0.1) is 0 Å². The van der Waals surface area contributed by atoms with E-state index >= 15 is 0 Å². The highest BCUT2D eigenvalue weighted by molar-refractivity contribution is 5.21. The number of hydrogen-bond acceptors (Lipinski definition) is 3. The molecule has 0 bridgehead atoms. The number of aliphatic hydroxyl groups excluding tert-OH is 1. The molecule has 1 saturated heterocycles. The number of aliphatic hydroxyl groups is 1. The maximum Gasteiger partial charge on any atom is 0.164 e. The van der Waals surface area contributed by atoms with Crippen LogP contribution in [-0.4, -0.2) is 43.4 Å². The summed E-state index contributed by atoms with van der Waals surface area (Å²) in [5, 5.41) is 10.1. The van der Waals surface area contributed by atoms with E-state index in [4.69, 9.17) is 4.74 Å². The van der Waals surface area contributed by atoms with Crippen molar-refractivity contribution in [2.75, 3.05) is 33.4 Å². The number of hydrogen-bond donors (Lipinski definition) is 1. The van der Waals surface area contributed by atoms with Crippen LogP contribution in [0, 0.1) is 17.6 Å². The van der Waals surface area contributed by atoms with E-state index in [-0.39, 0.29) is 12.1 Å². The van der Waals surface area contributed by atoms with Gasteiger partial charge in [-0.25, -0.2) is 8.78 Å². The molecule has 1 atom stereocenters. The molecule has 0 radical (unpaired) electrons. The molecule has 1 aliphatic rings. The first-order chi connectivity index (χ1) is 9.58. The van der Waals surface area contributed by atoms with Crippen molar-refractivity contribution in [3.8, 4) is 0 Å². The Morgan fingerprint density at radius 3 is 2.75 bits per heavy atom. The van der Waals surface area contributed by atoms with Crippen molar-refractivity contribution in [2.45, 2.75) is 18.9 Å². The van der Waals surface area contributed by atoms with Gasteiger partial charge in [0.05, 0.1) is 6.10 Å². The molecule has 1 N–H and O–H groups in total. The number of rotatable bonds is 5. The Bertz CT molecular complexity index is 436. The van der Waals surface area contributed by atoms with Crippen LogP contribution in [0.2, 0.25) is 0 Å². The third-order valence-electron chi connectivity index (χ3n) is 3.74. The standard InChI is InChI=1S/C15H21F2NO2/c1-18(9-11-5-7-20-8-6-11)10-14(19)12-3-2-4-13(16)15(12)17/h2-4,11,14,19H,5-10H2,1H3. The van der Waals surface area contributed by atoms with Gasteiger partial charge in [0, 0.05) is 31.9 Å². The lowest BCUT2D eigenvalue weighted by molar-refractivity contribution is 0.0474. The second-order valence-electron chi connectivity index (χ2n) is 5.44. The molecule has 1 fully saturated rings. The molecule has 0 saturated carbocycles. The molecule has 1 aliphatic heterocycles. The SMILES string of the molecule is CN(CC1CCOCC1)CC(O)c1cccc(F)c1F. The zero-order valence-corrected chi connectivity index (χ0v) is 11.7. The zero-order chi connectivity index (χ0) is 14.5. The van der Waals surface area contributed by atoms with Crippen LogP contribution in [0.3, 0.4) is 0 Å². The highest BCUT2D eigenvalue weighted by Gasteiger charge is 2.20. The smallest absolute Gasteiger partial charge is 0.164 e. The number of ether oxygens (including phenoxy) is 1. The Labute approximate surface area is 118 Å². The van der Waals surface area contributed by atoms with Crippen molar-refractivity contribution in [2.24, 2.45) is 5.92 Å². The first-order valence-electron chi connectivity index (χ1n) is 6.96. The average molecular weight is 285 g/mol. The molecule has 5 heteroatoms. The van der Waals surface area contributed by atoms with E-state index in [1.807, 2.05) is 11.9 Å². The maximum absolute atomic E-state index is 13.6. The molecule has 20 heavy (non-hydrogen) atoms. The minimum Gasteiger partial charge on any atom is -0.387 e. The molecular weight excluding hydrogens is 264 g/mol. The Hall–Kier alpha value is -1.04. The lowest BCUT2D eigenvalue weighted by Gasteiger charge is -2.28. The topological polar surface area (TPSA) is 32.7 Å². The maximum atomic E-state index is 13.6. The second-order valence-corrected chi connectivity index (χ2v) is 5.44. The van der Waals surface area contributed by atoms with Crippen LogP contribution in [-0.2, 0) is 4.74 Å². The Kier molecular flexibility index (Phi) is 5.46. The van der Waals surface area contributed by atoms with E-state index in [0.29, 0.717) is 5.92 Å². The van der Waals surface area contributed by atoms with E-state index in [2.05, 4.69) is 0 Å². The van der Waals surface area contributed by atoms with Crippen molar-refractivity contribution in [1.82, 2.24) is 4.90 Å². The van der Waals surface area contributed by atoms with Crippen molar-refractivity contribution in [3.05, 3.63) is 35.4 Å². The normalized spacial score (nSPS) is 18.4. The highest BCUT2D eigenvalue weighted by Crippen LogP contribution is 2.21. The van der Waals surface area contributed by atoms with Gasteiger partial charge in [0.2, 0.25) is 0 Å². The Morgan fingerprint density at radius 2 is 2.05 bits per heavy atom. The molecule has 0 aromatic heterocycles. The van der Waals surface area contributed by atoms with E-state index in [1.165, 1.54) is 12.1 Å². The van der Waals surface area contributed by atoms with Crippen LogP contribution in [0.4, 0.5) is 8.78 Å². The molecule has 1 aromatic carbocycles. The van der Waals surface area contributed by atoms with E-state index in [0.717, 1.165) is 38.7 Å². The first-order valence-corrected chi connectivity index (χ1v) is 6.96. The lowest BCUT2D eigenvalue weighted by Crippen LogP contribution is -2.32. The van der Waals surface area contributed by atoms with E-state index < -0.39 is 17.7 Å². The molecule has 2 rings (SSSR count). The largest absolute Gasteiger partial charge is 0.387 e. The molecule has 112 valence electrons. The van der Waals surface area contributed by atoms with Gasteiger partial charge in [-0.1, -0.05) is 12.1 Å². The van der Waals surface area contributed by atoms with Gasteiger partial charge in [-0.05, 0) is 31.9 Å². The summed E-state index contributed by atoms with van der Waals surface area (Å²) in [6.45, 7) is 2.67.